The van der Waals surface area contributed by atoms with Gasteiger partial charge in [-0.25, -0.2) is 8.61 Å². The fourth-order valence-electron chi connectivity index (χ4n) is 4.47. The van der Waals surface area contributed by atoms with Gasteiger partial charge in [0.15, 0.2) is 0 Å². The molecule has 26 heavy (non-hydrogen) atoms. The number of nitrogens with zero attached hydrogens (tertiary/aromatic N) is 2. The molecule has 0 aromatic heterocycles. The van der Waals surface area contributed by atoms with Gasteiger partial charge in [-0.15, -0.1) is 0 Å². The summed E-state index contributed by atoms with van der Waals surface area (Å²) in [6.07, 6.45) is 2.43. The molecule has 0 aromatic carbocycles. The third-order valence-corrected chi connectivity index (χ3v) is 11.9. The van der Waals surface area contributed by atoms with E-state index in [-0.39, 0.29) is 22.2 Å². The first-order chi connectivity index (χ1) is 11.7. The Morgan fingerprint density at radius 1 is 0.577 bits per heavy atom. The number of rotatable bonds is 5. The van der Waals surface area contributed by atoms with Gasteiger partial charge < -0.3 is 0 Å². The Morgan fingerprint density at radius 3 is 1.04 bits per heavy atom. The van der Waals surface area contributed by atoms with Gasteiger partial charge in [0.2, 0.25) is 0 Å². The first kappa shape index (κ1) is 22.9. The van der Waals surface area contributed by atoms with Crippen LogP contribution in [-0.2, 0) is 9.59 Å². The van der Waals surface area contributed by atoms with Crippen LogP contribution in [-0.4, -0.2) is 42.3 Å². The third kappa shape index (κ3) is 5.17. The highest BCUT2D eigenvalue weighted by atomic mass is 33.7. The molecule has 2 rings (SSSR count). The molecule has 4 nitrogen and oxygen atoms in total. The highest BCUT2D eigenvalue weighted by molar-refractivity contribution is 9.25. The van der Waals surface area contributed by atoms with Crippen molar-refractivity contribution >= 4 is 53.2 Å². The summed E-state index contributed by atoms with van der Waals surface area (Å²) in [5.74, 6) is 0.704. The summed E-state index contributed by atoms with van der Waals surface area (Å²) in [7, 11) is 6.99. The predicted molar refractivity (Wildman–Crippen MR) is 119 cm³/mol. The van der Waals surface area contributed by atoms with E-state index in [0.717, 1.165) is 0 Å². The molecule has 2 saturated heterocycles. The van der Waals surface area contributed by atoms with E-state index in [0.29, 0.717) is 37.2 Å². The van der Waals surface area contributed by atoms with Gasteiger partial charge in [-0.1, -0.05) is 0 Å². The van der Waals surface area contributed by atoms with E-state index in [1.807, 2.05) is 0 Å². The fraction of sp³-hybridized carbons (Fsp3) is 0.889. The van der Waals surface area contributed by atoms with Crippen LogP contribution >= 0.6 is 41.6 Å². The summed E-state index contributed by atoms with van der Waals surface area (Å²) >= 11 is 0. The van der Waals surface area contributed by atoms with Crippen LogP contribution in [0.5, 0.6) is 0 Å². The lowest BCUT2D eigenvalue weighted by atomic mass is 9.82. The summed E-state index contributed by atoms with van der Waals surface area (Å²) in [5.41, 5.74) is -0.564. The van der Waals surface area contributed by atoms with E-state index in [4.69, 9.17) is 0 Å². The molecule has 2 heterocycles. The number of carbonyl (C=O) groups is 2. The van der Waals surface area contributed by atoms with Crippen LogP contribution < -0.4 is 0 Å². The topological polar surface area (TPSA) is 40.6 Å². The zero-order chi connectivity index (χ0) is 20.0. The summed E-state index contributed by atoms with van der Waals surface area (Å²) < 4.78 is 4.77. The van der Waals surface area contributed by atoms with Crippen LogP contribution in [0.15, 0.2) is 0 Å². The smallest absolute Gasteiger partial charge is 0.136 e. The van der Waals surface area contributed by atoms with Gasteiger partial charge in [-0.2, -0.15) is 0 Å². The number of carbonyl (C=O) groups excluding carboxylic acids is 2. The summed E-state index contributed by atoms with van der Waals surface area (Å²) in [6.45, 7) is 17.2. The minimum Gasteiger partial charge on any atom is -0.300 e. The highest BCUT2D eigenvalue weighted by Gasteiger charge is 2.47. The Morgan fingerprint density at radius 2 is 0.808 bits per heavy atom. The Bertz CT molecular complexity index is 486. The lowest BCUT2D eigenvalue weighted by Crippen LogP contribution is -2.57. The Kier molecular flexibility index (Phi) is 6.90. The first-order valence-electron chi connectivity index (χ1n) is 9.00. The number of hydrogen-bond donors (Lipinski definition) is 0. The monoisotopic (exact) mass is 436 g/mol. The lowest BCUT2D eigenvalue weighted by Gasteiger charge is -2.51. The molecule has 0 amide bonds. The van der Waals surface area contributed by atoms with Crippen molar-refractivity contribution in [3.05, 3.63) is 0 Å². The van der Waals surface area contributed by atoms with Gasteiger partial charge in [0, 0.05) is 89.5 Å². The predicted octanol–water partition coefficient (Wildman–Crippen LogP) is 5.94. The zero-order valence-electron chi connectivity index (χ0n) is 17.2. The van der Waals surface area contributed by atoms with Crippen LogP contribution in [0.2, 0.25) is 0 Å². The molecule has 0 N–H and O–H groups in total. The van der Waals surface area contributed by atoms with Crippen LogP contribution in [0.4, 0.5) is 0 Å². The van der Waals surface area contributed by atoms with Crippen molar-refractivity contribution in [3.63, 3.8) is 0 Å². The van der Waals surface area contributed by atoms with Gasteiger partial charge >= 0.3 is 0 Å². The van der Waals surface area contributed by atoms with Crippen molar-refractivity contribution in [3.8, 4) is 0 Å². The van der Waals surface area contributed by atoms with Gasteiger partial charge in [0.05, 0.1) is 0 Å². The molecular weight excluding hydrogens is 404 g/mol. The second-order valence-electron chi connectivity index (χ2n) is 9.91. The van der Waals surface area contributed by atoms with Gasteiger partial charge in [-0.05, 0) is 55.4 Å². The Labute approximate surface area is 174 Å². The largest absolute Gasteiger partial charge is 0.300 e. The summed E-state index contributed by atoms with van der Waals surface area (Å²) in [5, 5.41) is 0. The van der Waals surface area contributed by atoms with Crippen molar-refractivity contribution < 1.29 is 9.59 Å². The number of ketones is 2. The molecule has 0 aliphatic carbocycles. The Hall–Kier alpha value is 0.660. The molecule has 2 aliphatic rings. The van der Waals surface area contributed by atoms with Crippen molar-refractivity contribution in [1.29, 1.82) is 0 Å². The fourth-order valence-corrected chi connectivity index (χ4v) is 11.5. The van der Waals surface area contributed by atoms with E-state index in [2.05, 4.69) is 64.0 Å². The van der Waals surface area contributed by atoms with Crippen molar-refractivity contribution in [2.45, 2.75) is 103 Å². The van der Waals surface area contributed by atoms with Gasteiger partial charge in [0.25, 0.3) is 0 Å². The standard InChI is InChI=1S/C18H32N2O2S4/c1-15(2)9-13(21)10-16(3,4)19(15)23-25-26-24-20-17(5,6)11-14(22)12-18(20,7)8/h9-12H2,1-8H3. The summed E-state index contributed by atoms with van der Waals surface area (Å²) in [6, 6.07) is 0. The van der Waals surface area contributed by atoms with Crippen molar-refractivity contribution in [2.24, 2.45) is 0 Å². The molecule has 0 atom stereocenters. The Balaban J connectivity index is 1.95. The molecule has 0 bridgehead atoms. The van der Waals surface area contributed by atoms with Crippen LogP contribution in [0.3, 0.4) is 0 Å². The molecular formula is C18H32N2O2S4. The average Bonchev–Trinajstić information content (AvgIpc) is 2.35. The molecule has 0 unspecified atom stereocenters. The molecule has 0 aromatic rings. The molecule has 8 heteroatoms. The SMILES string of the molecule is CC1(C)CC(=O)CC(C)(C)N1SSSSN1C(C)(C)CC(=O)CC1(C)C. The maximum Gasteiger partial charge on any atom is 0.136 e. The molecule has 150 valence electrons. The maximum absolute atomic E-state index is 12.1. The quantitative estimate of drug-likeness (QED) is 0.298. The minimum absolute atomic E-state index is 0.141. The normalized spacial score (nSPS) is 28.3. The van der Waals surface area contributed by atoms with Crippen LogP contribution in [0.25, 0.3) is 0 Å². The molecule has 0 spiro atoms. The van der Waals surface area contributed by atoms with Gasteiger partial charge in [-0.3, -0.25) is 9.59 Å². The maximum atomic E-state index is 12.1. The number of Topliss-reactive ketones (excluding diaryl/α,β-unsaturated/α-hetero) is 2. The second kappa shape index (κ2) is 7.82. The number of piperidine rings is 2. The first-order valence-corrected chi connectivity index (χ1v) is 13.7. The minimum atomic E-state index is -0.141. The van der Waals surface area contributed by atoms with E-state index in [1.165, 1.54) is 0 Å². The summed E-state index contributed by atoms with van der Waals surface area (Å²) in [4.78, 5) is 24.1. The van der Waals surface area contributed by atoms with Crippen molar-refractivity contribution in [1.82, 2.24) is 8.61 Å². The highest BCUT2D eigenvalue weighted by Crippen LogP contribution is 2.55. The number of hydrogen-bond acceptors (Lipinski definition) is 8. The molecule has 0 saturated carbocycles. The molecule has 2 fully saturated rings. The van der Waals surface area contributed by atoms with E-state index < -0.39 is 0 Å². The zero-order valence-corrected chi connectivity index (χ0v) is 20.4. The second-order valence-corrected chi connectivity index (χ2v) is 15.4. The average molecular weight is 437 g/mol. The third-order valence-electron chi connectivity index (χ3n) is 4.96. The van der Waals surface area contributed by atoms with Crippen LogP contribution in [0.1, 0.15) is 81.1 Å². The molecule has 2 aliphatic heterocycles. The van der Waals surface area contributed by atoms with Crippen molar-refractivity contribution in [2.75, 3.05) is 0 Å². The van der Waals surface area contributed by atoms with E-state index >= 15 is 0 Å². The molecule has 0 radical (unpaired) electrons. The van der Waals surface area contributed by atoms with Crippen LogP contribution in [0, 0.1) is 0 Å². The van der Waals surface area contributed by atoms with E-state index in [9.17, 15) is 9.59 Å². The lowest BCUT2D eigenvalue weighted by molar-refractivity contribution is -0.128. The van der Waals surface area contributed by atoms with E-state index in [1.54, 1.807) is 41.6 Å². The van der Waals surface area contributed by atoms with Gasteiger partial charge in [0.1, 0.15) is 11.6 Å².